The van der Waals surface area contributed by atoms with Crippen LogP contribution in [0.2, 0.25) is 0 Å². The zero-order valence-electron chi connectivity index (χ0n) is 17.2. The molecule has 9 heteroatoms. The number of fused-ring (bicyclic) bond motifs is 2. The summed E-state index contributed by atoms with van der Waals surface area (Å²) in [7, 11) is 0. The third kappa shape index (κ3) is 3.87. The number of anilines is 2. The third-order valence-electron chi connectivity index (χ3n) is 5.24. The summed E-state index contributed by atoms with van der Waals surface area (Å²) in [6.45, 7) is 5.66. The lowest BCUT2D eigenvalue weighted by molar-refractivity contribution is -0.116. The highest BCUT2D eigenvalue weighted by molar-refractivity contribution is 6.00. The molecule has 1 aliphatic heterocycles. The summed E-state index contributed by atoms with van der Waals surface area (Å²) in [6, 6.07) is 6.78. The Morgan fingerprint density at radius 2 is 1.97 bits per heavy atom. The van der Waals surface area contributed by atoms with E-state index in [4.69, 9.17) is 4.74 Å². The summed E-state index contributed by atoms with van der Waals surface area (Å²) in [6.07, 6.45) is -2.90. The molecule has 3 aromatic rings. The SMILES string of the molecule is CC(=O)N1CCOc2cc3nc(C)nc(N[C@H](C)c4cccc(C(F)F)c4F)c3cc21. The van der Waals surface area contributed by atoms with Crippen molar-refractivity contribution in [1.82, 2.24) is 9.97 Å². The van der Waals surface area contributed by atoms with Crippen LogP contribution >= 0.6 is 0 Å². The number of nitrogens with zero attached hydrogens (tertiary/aromatic N) is 3. The van der Waals surface area contributed by atoms with Crippen LogP contribution in [-0.2, 0) is 4.79 Å². The van der Waals surface area contributed by atoms with E-state index in [0.29, 0.717) is 47.1 Å². The number of amides is 1. The average Bonchev–Trinajstić information content (AvgIpc) is 2.71. The van der Waals surface area contributed by atoms with Gasteiger partial charge in [-0.1, -0.05) is 18.2 Å². The molecule has 0 bridgehead atoms. The first-order valence-corrected chi connectivity index (χ1v) is 9.82. The van der Waals surface area contributed by atoms with Gasteiger partial charge in [-0.15, -0.1) is 0 Å². The lowest BCUT2D eigenvalue weighted by Crippen LogP contribution is -2.36. The first kappa shape index (κ1) is 20.9. The quantitative estimate of drug-likeness (QED) is 0.636. The van der Waals surface area contributed by atoms with Crippen molar-refractivity contribution in [1.29, 1.82) is 0 Å². The molecule has 2 heterocycles. The van der Waals surface area contributed by atoms with E-state index < -0.39 is 23.8 Å². The van der Waals surface area contributed by atoms with Gasteiger partial charge < -0.3 is 15.0 Å². The number of ether oxygens (including phenoxy) is 1. The second kappa shape index (κ2) is 8.05. The van der Waals surface area contributed by atoms with Crippen molar-refractivity contribution in [3.05, 3.63) is 53.1 Å². The zero-order chi connectivity index (χ0) is 22.3. The molecule has 2 aromatic carbocycles. The zero-order valence-corrected chi connectivity index (χ0v) is 17.2. The van der Waals surface area contributed by atoms with E-state index in [-0.39, 0.29) is 11.5 Å². The predicted octanol–water partition coefficient (Wildman–Crippen LogP) is 4.93. The number of benzene rings is 2. The summed E-state index contributed by atoms with van der Waals surface area (Å²) in [4.78, 5) is 22.5. The summed E-state index contributed by atoms with van der Waals surface area (Å²) in [5, 5.41) is 3.73. The predicted molar refractivity (Wildman–Crippen MR) is 111 cm³/mol. The molecule has 31 heavy (non-hydrogen) atoms. The number of aryl methyl sites for hydroxylation is 1. The lowest BCUT2D eigenvalue weighted by atomic mass is 10.0. The smallest absolute Gasteiger partial charge is 0.266 e. The largest absolute Gasteiger partial charge is 0.489 e. The fourth-order valence-corrected chi connectivity index (χ4v) is 3.75. The Kier molecular flexibility index (Phi) is 5.43. The van der Waals surface area contributed by atoms with Gasteiger partial charge in [0.25, 0.3) is 6.43 Å². The molecule has 0 saturated carbocycles. The van der Waals surface area contributed by atoms with E-state index in [1.54, 1.807) is 30.9 Å². The van der Waals surface area contributed by atoms with E-state index in [1.165, 1.54) is 19.1 Å². The Morgan fingerprint density at radius 1 is 1.23 bits per heavy atom. The Balaban J connectivity index is 1.78. The number of hydrogen-bond acceptors (Lipinski definition) is 5. The molecule has 1 aromatic heterocycles. The number of alkyl halides is 2. The van der Waals surface area contributed by atoms with Crippen LogP contribution in [0.25, 0.3) is 10.9 Å². The van der Waals surface area contributed by atoms with Crippen LogP contribution in [0.4, 0.5) is 24.7 Å². The molecule has 6 nitrogen and oxygen atoms in total. The molecule has 0 unspecified atom stereocenters. The van der Waals surface area contributed by atoms with Gasteiger partial charge in [0, 0.05) is 23.9 Å². The van der Waals surface area contributed by atoms with E-state index in [1.807, 2.05) is 0 Å². The number of carbonyl (C=O) groups excluding carboxylic acids is 1. The Hall–Kier alpha value is -3.36. The topological polar surface area (TPSA) is 67.4 Å². The molecule has 0 radical (unpaired) electrons. The highest BCUT2D eigenvalue weighted by atomic mass is 19.3. The minimum atomic E-state index is -2.90. The number of halogens is 3. The van der Waals surface area contributed by atoms with Crippen LogP contribution in [0, 0.1) is 12.7 Å². The Labute approximate surface area is 177 Å². The average molecular weight is 430 g/mol. The van der Waals surface area contributed by atoms with Crippen LogP contribution in [0.15, 0.2) is 30.3 Å². The maximum absolute atomic E-state index is 14.6. The molecular weight excluding hydrogens is 409 g/mol. The van der Waals surface area contributed by atoms with Crippen molar-refractivity contribution in [2.75, 3.05) is 23.4 Å². The summed E-state index contributed by atoms with van der Waals surface area (Å²) in [5.41, 5.74) is 0.653. The first-order chi connectivity index (χ1) is 14.8. The monoisotopic (exact) mass is 430 g/mol. The van der Waals surface area contributed by atoms with Gasteiger partial charge in [-0.2, -0.15) is 0 Å². The minimum Gasteiger partial charge on any atom is -0.489 e. The van der Waals surface area contributed by atoms with Crippen LogP contribution in [0.3, 0.4) is 0 Å². The molecule has 0 fully saturated rings. The summed E-state index contributed by atoms with van der Waals surface area (Å²) >= 11 is 0. The molecule has 1 amide bonds. The molecule has 0 aliphatic carbocycles. The molecule has 1 atom stereocenters. The van der Waals surface area contributed by atoms with Gasteiger partial charge in [0.05, 0.1) is 29.4 Å². The fraction of sp³-hybridized carbons (Fsp3) is 0.318. The van der Waals surface area contributed by atoms with Crippen LogP contribution in [-0.4, -0.2) is 29.0 Å². The number of rotatable bonds is 4. The normalized spacial score (nSPS) is 14.4. The van der Waals surface area contributed by atoms with Crippen molar-refractivity contribution in [3.63, 3.8) is 0 Å². The Morgan fingerprint density at radius 3 is 2.68 bits per heavy atom. The lowest BCUT2D eigenvalue weighted by Gasteiger charge is -2.29. The van der Waals surface area contributed by atoms with Gasteiger partial charge in [0.1, 0.15) is 29.8 Å². The molecule has 1 aliphatic rings. The molecule has 0 saturated heterocycles. The van der Waals surface area contributed by atoms with Gasteiger partial charge in [-0.25, -0.2) is 23.1 Å². The van der Waals surface area contributed by atoms with E-state index in [2.05, 4.69) is 15.3 Å². The molecular formula is C22H21F3N4O2. The second-order valence-corrected chi connectivity index (χ2v) is 7.39. The van der Waals surface area contributed by atoms with Gasteiger partial charge in [0.2, 0.25) is 5.91 Å². The molecule has 0 spiro atoms. The van der Waals surface area contributed by atoms with Crippen molar-refractivity contribution in [2.45, 2.75) is 33.2 Å². The number of nitrogens with one attached hydrogen (secondary N) is 1. The number of aromatic nitrogens is 2. The van der Waals surface area contributed by atoms with Gasteiger partial charge in [-0.05, 0) is 19.9 Å². The van der Waals surface area contributed by atoms with Crippen molar-refractivity contribution in [2.24, 2.45) is 0 Å². The molecule has 1 N–H and O–H groups in total. The fourth-order valence-electron chi connectivity index (χ4n) is 3.75. The summed E-state index contributed by atoms with van der Waals surface area (Å²) in [5.74, 6) is 0.366. The number of hydrogen-bond donors (Lipinski definition) is 1. The number of carbonyl (C=O) groups is 1. The van der Waals surface area contributed by atoms with E-state index in [0.717, 1.165) is 6.07 Å². The second-order valence-electron chi connectivity index (χ2n) is 7.39. The molecule has 4 rings (SSSR count). The maximum atomic E-state index is 14.6. The van der Waals surface area contributed by atoms with Crippen molar-refractivity contribution < 1.29 is 22.7 Å². The highest BCUT2D eigenvalue weighted by Crippen LogP contribution is 2.38. The first-order valence-electron chi connectivity index (χ1n) is 9.82. The van der Waals surface area contributed by atoms with Crippen LogP contribution in [0.1, 0.15) is 43.3 Å². The van der Waals surface area contributed by atoms with Crippen LogP contribution < -0.4 is 15.0 Å². The van der Waals surface area contributed by atoms with E-state index in [9.17, 15) is 18.0 Å². The van der Waals surface area contributed by atoms with Crippen molar-refractivity contribution >= 4 is 28.3 Å². The summed E-state index contributed by atoms with van der Waals surface area (Å²) < 4.78 is 46.5. The maximum Gasteiger partial charge on any atom is 0.266 e. The highest BCUT2D eigenvalue weighted by Gasteiger charge is 2.24. The van der Waals surface area contributed by atoms with E-state index >= 15 is 0 Å². The minimum absolute atomic E-state index is 0.105. The van der Waals surface area contributed by atoms with Gasteiger partial charge >= 0.3 is 0 Å². The van der Waals surface area contributed by atoms with Gasteiger partial charge in [-0.3, -0.25) is 4.79 Å². The molecule has 162 valence electrons. The van der Waals surface area contributed by atoms with Crippen molar-refractivity contribution in [3.8, 4) is 5.75 Å². The van der Waals surface area contributed by atoms with Crippen LogP contribution in [0.5, 0.6) is 5.75 Å². The van der Waals surface area contributed by atoms with Gasteiger partial charge in [0.15, 0.2) is 0 Å². The third-order valence-corrected chi connectivity index (χ3v) is 5.24. The standard InChI is InChI=1S/C22H21F3N4O2/c1-11(14-5-4-6-15(20(14)23)21(24)25)26-22-16-9-18-19(10-17(16)27-12(2)28-22)31-8-7-29(18)13(3)30/h4-6,9-11,21H,7-8H2,1-3H3,(H,26,27,28)/t11-/m1/s1. The Bertz CT molecular complexity index is 1170.